The molecule has 2 aliphatic rings. The number of aromatic nitrogens is 1. The molecule has 2 aromatic carbocycles. The fourth-order valence-electron chi connectivity index (χ4n) is 3.43. The van der Waals surface area contributed by atoms with Crippen LogP contribution in [0.5, 0.6) is 17.2 Å². The molecule has 3 N–H and O–H groups in total. The molecule has 0 radical (unpaired) electrons. The predicted octanol–water partition coefficient (Wildman–Crippen LogP) is 4.87. The smallest absolute Gasteiger partial charge is 0.319 e. The Morgan fingerprint density at radius 1 is 1.00 bits per heavy atom. The van der Waals surface area contributed by atoms with E-state index in [9.17, 15) is 9.59 Å². The molecule has 9 heteroatoms. The second-order valence-electron chi connectivity index (χ2n) is 8.24. The Kier molecular flexibility index (Phi) is 5.68. The number of urea groups is 1. The van der Waals surface area contributed by atoms with Crippen LogP contribution in [0.25, 0.3) is 10.9 Å². The van der Waals surface area contributed by atoms with Gasteiger partial charge in [-0.05, 0) is 49.9 Å². The Morgan fingerprint density at radius 2 is 1.76 bits per heavy atom. The summed E-state index contributed by atoms with van der Waals surface area (Å²) < 4.78 is 11.5. The predicted molar refractivity (Wildman–Crippen MR) is 125 cm³/mol. The number of hydrogen-bond donors (Lipinski definition) is 3. The minimum Gasteiger partial charge on any atom is -0.496 e. The zero-order valence-electron chi connectivity index (χ0n) is 18.0. The largest absolute Gasteiger partial charge is 0.496 e. The third kappa shape index (κ3) is 4.96. The number of carbonyl (C=O) groups is 2. The van der Waals surface area contributed by atoms with Crippen LogP contribution in [0.1, 0.15) is 36.0 Å². The quantitative estimate of drug-likeness (QED) is 0.461. The van der Waals surface area contributed by atoms with Crippen molar-refractivity contribution in [1.29, 1.82) is 0 Å². The second-order valence-corrected chi connectivity index (χ2v) is 8.65. The molecule has 33 heavy (non-hydrogen) atoms. The topological polar surface area (TPSA) is 102 Å². The van der Waals surface area contributed by atoms with Gasteiger partial charge >= 0.3 is 6.03 Å². The molecule has 2 fully saturated rings. The molecule has 0 saturated heterocycles. The maximum Gasteiger partial charge on any atom is 0.319 e. The van der Waals surface area contributed by atoms with E-state index in [4.69, 9.17) is 21.1 Å². The fourth-order valence-corrected chi connectivity index (χ4v) is 3.65. The number of ether oxygens (including phenoxy) is 2. The summed E-state index contributed by atoms with van der Waals surface area (Å²) in [5, 5.41) is 9.61. The van der Waals surface area contributed by atoms with Crippen LogP contribution in [0, 0.1) is 0 Å². The number of halogens is 1. The van der Waals surface area contributed by atoms with Crippen LogP contribution in [0.3, 0.4) is 0 Å². The maximum absolute atomic E-state index is 12.7. The van der Waals surface area contributed by atoms with E-state index < -0.39 is 0 Å². The summed E-state index contributed by atoms with van der Waals surface area (Å²) in [5.41, 5.74) is 1.55. The molecule has 3 aromatic rings. The highest BCUT2D eigenvalue weighted by Gasteiger charge is 2.26. The first kappa shape index (κ1) is 21.3. The van der Waals surface area contributed by atoms with Crippen LogP contribution in [0.15, 0.2) is 42.6 Å². The molecule has 0 spiro atoms. The molecule has 0 unspecified atom stereocenters. The Balaban J connectivity index is 1.40. The van der Waals surface area contributed by atoms with Crippen LogP contribution >= 0.6 is 11.6 Å². The standard InChI is InChI=1S/C24H23ClN4O4/c1-32-22-12-20-16(11-17(22)23(30)27-13-2-3-13)21(8-9-26-20)33-15-6-7-19(18(25)10-15)29-24(31)28-14-4-5-14/h6-14H,2-5H2,1H3,(H,27,30)(H2,28,29,31). The first-order valence-corrected chi connectivity index (χ1v) is 11.2. The van der Waals surface area contributed by atoms with Gasteiger partial charge in [-0.2, -0.15) is 0 Å². The summed E-state index contributed by atoms with van der Waals surface area (Å²) in [6.07, 6.45) is 5.62. The van der Waals surface area contributed by atoms with Crippen LogP contribution in [0.2, 0.25) is 5.02 Å². The van der Waals surface area contributed by atoms with Gasteiger partial charge in [0.1, 0.15) is 17.2 Å². The minimum atomic E-state index is -0.279. The summed E-state index contributed by atoms with van der Waals surface area (Å²) in [6, 6.07) is 10.4. The maximum atomic E-state index is 12.7. The number of nitrogens with one attached hydrogen (secondary N) is 3. The van der Waals surface area contributed by atoms with Crippen LogP contribution < -0.4 is 25.4 Å². The van der Waals surface area contributed by atoms with Crippen molar-refractivity contribution in [2.45, 2.75) is 37.8 Å². The van der Waals surface area contributed by atoms with E-state index in [-0.39, 0.29) is 24.0 Å². The van der Waals surface area contributed by atoms with Crippen molar-refractivity contribution in [2.75, 3.05) is 12.4 Å². The lowest BCUT2D eigenvalue weighted by molar-refractivity contribution is 0.0948. The van der Waals surface area contributed by atoms with E-state index in [0.717, 1.165) is 25.7 Å². The normalized spacial score (nSPS) is 15.1. The van der Waals surface area contributed by atoms with Gasteiger partial charge in [-0.25, -0.2) is 4.79 Å². The number of pyridine rings is 1. The zero-order chi connectivity index (χ0) is 22.9. The van der Waals surface area contributed by atoms with E-state index in [1.165, 1.54) is 7.11 Å². The Hall–Kier alpha value is -3.52. The number of methoxy groups -OCH3 is 1. The van der Waals surface area contributed by atoms with Crippen molar-refractivity contribution in [3.8, 4) is 17.2 Å². The van der Waals surface area contributed by atoms with E-state index >= 15 is 0 Å². The van der Waals surface area contributed by atoms with Crippen LogP contribution in [0.4, 0.5) is 10.5 Å². The van der Waals surface area contributed by atoms with Gasteiger partial charge < -0.3 is 25.4 Å². The van der Waals surface area contributed by atoms with Crippen molar-refractivity contribution < 1.29 is 19.1 Å². The van der Waals surface area contributed by atoms with Crippen molar-refractivity contribution >= 4 is 40.1 Å². The molecule has 2 saturated carbocycles. The molecular formula is C24H23ClN4O4. The molecule has 0 atom stereocenters. The van der Waals surface area contributed by atoms with Crippen LogP contribution in [-0.2, 0) is 0 Å². The monoisotopic (exact) mass is 466 g/mol. The van der Waals surface area contributed by atoms with Crippen molar-refractivity contribution in [2.24, 2.45) is 0 Å². The lowest BCUT2D eigenvalue weighted by atomic mass is 10.1. The first-order valence-electron chi connectivity index (χ1n) is 10.8. The number of hydrogen-bond acceptors (Lipinski definition) is 5. The number of nitrogens with zero attached hydrogens (tertiary/aromatic N) is 1. The Labute approximate surface area is 195 Å². The molecule has 0 bridgehead atoms. The number of amides is 3. The summed E-state index contributed by atoms with van der Waals surface area (Å²) in [5.74, 6) is 1.27. The fraction of sp³-hybridized carbons (Fsp3) is 0.292. The molecule has 1 heterocycles. The van der Waals surface area contributed by atoms with Gasteiger partial charge in [0.15, 0.2) is 0 Å². The third-order valence-corrected chi connectivity index (χ3v) is 5.82. The highest BCUT2D eigenvalue weighted by atomic mass is 35.5. The zero-order valence-corrected chi connectivity index (χ0v) is 18.7. The second kappa shape index (κ2) is 8.78. The molecule has 8 nitrogen and oxygen atoms in total. The summed E-state index contributed by atoms with van der Waals surface area (Å²) in [6.45, 7) is 0. The number of benzene rings is 2. The van der Waals surface area contributed by atoms with E-state index in [0.29, 0.717) is 44.4 Å². The molecule has 0 aliphatic heterocycles. The lowest BCUT2D eigenvalue weighted by Crippen LogP contribution is -2.30. The number of carbonyl (C=O) groups excluding carboxylic acids is 2. The van der Waals surface area contributed by atoms with E-state index in [2.05, 4.69) is 20.9 Å². The molecule has 1 aromatic heterocycles. The molecule has 5 rings (SSSR count). The van der Waals surface area contributed by atoms with Gasteiger partial charge in [0.05, 0.1) is 28.9 Å². The SMILES string of the molecule is COc1cc2nccc(Oc3ccc(NC(=O)NC4CC4)c(Cl)c3)c2cc1C(=O)NC1CC1. The van der Waals surface area contributed by atoms with Gasteiger partial charge in [0.25, 0.3) is 5.91 Å². The van der Waals surface area contributed by atoms with Crippen molar-refractivity contribution in [3.05, 3.63) is 53.2 Å². The average Bonchev–Trinajstić information content (AvgIpc) is 3.72. The van der Waals surface area contributed by atoms with Gasteiger partial charge in [-0.3, -0.25) is 9.78 Å². The average molecular weight is 467 g/mol. The summed E-state index contributed by atoms with van der Waals surface area (Å²) in [7, 11) is 1.53. The third-order valence-electron chi connectivity index (χ3n) is 5.51. The van der Waals surface area contributed by atoms with E-state index in [1.54, 1.807) is 42.6 Å². The van der Waals surface area contributed by atoms with Gasteiger partial charge in [-0.15, -0.1) is 0 Å². The molecule has 2 aliphatic carbocycles. The number of fused-ring (bicyclic) bond motifs is 1. The van der Waals surface area contributed by atoms with Crippen molar-refractivity contribution in [3.63, 3.8) is 0 Å². The number of rotatable bonds is 7. The van der Waals surface area contributed by atoms with Gasteiger partial charge in [0, 0.05) is 35.8 Å². The Morgan fingerprint density at radius 3 is 2.45 bits per heavy atom. The lowest BCUT2D eigenvalue weighted by Gasteiger charge is -2.14. The summed E-state index contributed by atoms with van der Waals surface area (Å²) in [4.78, 5) is 29.1. The Bertz CT molecular complexity index is 1240. The van der Waals surface area contributed by atoms with E-state index in [1.807, 2.05) is 0 Å². The molecule has 170 valence electrons. The number of anilines is 1. The van der Waals surface area contributed by atoms with Crippen molar-refractivity contribution in [1.82, 2.24) is 15.6 Å². The van der Waals surface area contributed by atoms with Crippen LogP contribution in [-0.4, -0.2) is 36.1 Å². The molecular weight excluding hydrogens is 444 g/mol. The summed E-state index contributed by atoms with van der Waals surface area (Å²) >= 11 is 6.37. The highest BCUT2D eigenvalue weighted by Crippen LogP contribution is 2.35. The van der Waals surface area contributed by atoms with Gasteiger partial charge in [0.2, 0.25) is 0 Å². The van der Waals surface area contributed by atoms with Gasteiger partial charge in [-0.1, -0.05) is 11.6 Å². The molecule has 3 amide bonds. The minimum absolute atomic E-state index is 0.186. The first-order chi connectivity index (χ1) is 16.0. The highest BCUT2D eigenvalue weighted by molar-refractivity contribution is 6.33.